The van der Waals surface area contributed by atoms with E-state index in [0.717, 1.165) is 5.56 Å². The van der Waals surface area contributed by atoms with Crippen LogP contribution < -0.4 is 0 Å². The number of rotatable bonds is 4. The fourth-order valence-electron chi connectivity index (χ4n) is 1.62. The van der Waals surface area contributed by atoms with E-state index in [4.69, 9.17) is 23.2 Å². The first kappa shape index (κ1) is 15.1. The van der Waals surface area contributed by atoms with Crippen molar-refractivity contribution in [1.82, 2.24) is 0 Å². The Morgan fingerprint density at radius 2 is 1.35 bits per heavy atom. The fourth-order valence-corrected chi connectivity index (χ4v) is 2.99. The number of hydrogen-bond donors (Lipinski definition) is 0. The van der Waals surface area contributed by atoms with Crippen LogP contribution in [0.25, 0.3) is 6.08 Å². The van der Waals surface area contributed by atoms with Crippen LogP contribution in [0.1, 0.15) is 11.1 Å². The molecular weight excluding hydrogens is 315 g/mol. The van der Waals surface area contributed by atoms with Gasteiger partial charge in [-0.2, -0.15) is 0 Å². The highest BCUT2D eigenvalue weighted by molar-refractivity contribution is 7.93. The van der Waals surface area contributed by atoms with Gasteiger partial charge in [-0.1, -0.05) is 47.5 Å². The minimum Gasteiger partial charge on any atom is -0.224 e. The maximum absolute atomic E-state index is 12.0. The fraction of sp³-hybridized carbons (Fsp3) is 0.0667. The summed E-state index contributed by atoms with van der Waals surface area (Å²) in [6, 6.07) is 13.7. The Balaban J connectivity index is 2.11. The molecule has 2 aromatic rings. The quantitative estimate of drug-likeness (QED) is 0.824. The van der Waals surface area contributed by atoms with Crippen LogP contribution in [0.3, 0.4) is 0 Å². The first-order chi connectivity index (χ1) is 9.44. The molecule has 2 aromatic carbocycles. The largest absolute Gasteiger partial charge is 0.224 e. The molecule has 0 spiro atoms. The van der Waals surface area contributed by atoms with Gasteiger partial charge < -0.3 is 0 Å². The van der Waals surface area contributed by atoms with Crippen LogP contribution in [0.15, 0.2) is 53.9 Å². The van der Waals surface area contributed by atoms with Crippen molar-refractivity contribution >= 4 is 39.1 Å². The molecule has 2 rings (SSSR count). The standard InChI is InChI=1S/C15H12Cl2O2S/c16-14-5-1-12(2-6-14)9-10-20(18,19)11-13-3-7-15(17)8-4-13/h1-10H,11H2/b10-9-. The highest BCUT2D eigenvalue weighted by Gasteiger charge is 2.07. The number of hydrogen-bond acceptors (Lipinski definition) is 2. The smallest absolute Gasteiger partial charge is 0.175 e. The van der Waals surface area contributed by atoms with E-state index >= 15 is 0 Å². The molecular formula is C15H12Cl2O2S. The van der Waals surface area contributed by atoms with Crippen molar-refractivity contribution in [2.75, 3.05) is 0 Å². The summed E-state index contributed by atoms with van der Waals surface area (Å²) >= 11 is 11.5. The number of benzene rings is 2. The van der Waals surface area contributed by atoms with Gasteiger partial charge in [0.25, 0.3) is 0 Å². The Morgan fingerprint density at radius 3 is 1.90 bits per heavy atom. The lowest BCUT2D eigenvalue weighted by atomic mass is 10.2. The number of halogens is 2. The van der Waals surface area contributed by atoms with Gasteiger partial charge in [-0.05, 0) is 41.5 Å². The lowest BCUT2D eigenvalue weighted by Gasteiger charge is -2.00. The van der Waals surface area contributed by atoms with Gasteiger partial charge in [0.05, 0.1) is 5.75 Å². The van der Waals surface area contributed by atoms with Crippen molar-refractivity contribution in [1.29, 1.82) is 0 Å². The van der Waals surface area contributed by atoms with Gasteiger partial charge in [0, 0.05) is 15.5 Å². The molecule has 0 atom stereocenters. The van der Waals surface area contributed by atoms with Crippen LogP contribution in [0.2, 0.25) is 10.0 Å². The van der Waals surface area contributed by atoms with E-state index in [0.29, 0.717) is 15.6 Å². The van der Waals surface area contributed by atoms with E-state index in [1.54, 1.807) is 54.6 Å². The van der Waals surface area contributed by atoms with Crippen molar-refractivity contribution in [2.45, 2.75) is 5.75 Å². The zero-order valence-corrected chi connectivity index (χ0v) is 12.8. The second-order valence-electron chi connectivity index (χ2n) is 4.29. The summed E-state index contributed by atoms with van der Waals surface area (Å²) in [5.41, 5.74) is 1.49. The molecule has 0 heterocycles. The molecule has 5 heteroatoms. The van der Waals surface area contributed by atoms with Gasteiger partial charge in [0.2, 0.25) is 0 Å². The molecule has 0 aliphatic heterocycles. The van der Waals surface area contributed by atoms with Gasteiger partial charge in [-0.25, -0.2) is 8.42 Å². The minimum absolute atomic E-state index is 0.0474. The van der Waals surface area contributed by atoms with Gasteiger partial charge in [0.1, 0.15) is 0 Å². The van der Waals surface area contributed by atoms with E-state index in [-0.39, 0.29) is 5.75 Å². The molecule has 2 nitrogen and oxygen atoms in total. The van der Waals surface area contributed by atoms with Crippen molar-refractivity contribution < 1.29 is 8.42 Å². The van der Waals surface area contributed by atoms with Gasteiger partial charge >= 0.3 is 0 Å². The normalized spacial score (nSPS) is 11.9. The van der Waals surface area contributed by atoms with Gasteiger partial charge in [0.15, 0.2) is 9.84 Å². The average Bonchev–Trinajstić information content (AvgIpc) is 2.41. The van der Waals surface area contributed by atoms with Crippen LogP contribution in [-0.4, -0.2) is 8.42 Å². The second kappa shape index (κ2) is 6.44. The van der Waals surface area contributed by atoms with Crippen LogP contribution in [-0.2, 0) is 15.6 Å². The van der Waals surface area contributed by atoms with Crippen LogP contribution in [0, 0.1) is 0 Å². The summed E-state index contributed by atoms with van der Waals surface area (Å²) in [4.78, 5) is 0. The Hall–Kier alpha value is -1.29. The Kier molecular flexibility index (Phi) is 4.86. The van der Waals surface area contributed by atoms with Gasteiger partial charge in [-0.3, -0.25) is 0 Å². The summed E-state index contributed by atoms with van der Waals surface area (Å²) < 4.78 is 24.0. The van der Waals surface area contributed by atoms with Crippen molar-refractivity contribution in [2.24, 2.45) is 0 Å². The van der Waals surface area contributed by atoms with Gasteiger partial charge in [-0.15, -0.1) is 0 Å². The van der Waals surface area contributed by atoms with Crippen molar-refractivity contribution in [3.8, 4) is 0 Å². The molecule has 20 heavy (non-hydrogen) atoms. The summed E-state index contributed by atoms with van der Waals surface area (Å²) in [5, 5.41) is 2.42. The molecule has 0 fully saturated rings. The molecule has 0 aliphatic rings. The predicted molar refractivity (Wildman–Crippen MR) is 84.6 cm³/mol. The molecule has 0 unspecified atom stereocenters. The summed E-state index contributed by atoms with van der Waals surface area (Å²) in [6.07, 6.45) is 1.56. The maximum Gasteiger partial charge on any atom is 0.175 e. The molecule has 0 saturated carbocycles. The van der Waals surface area contributed by atoms with E-state index in [2.05, 4.69) is 0 Å². The van der Waals surface area contributed by atoms with Crippen molar-refractivity contribution in [3.05, 3.63) is 75.1 Å². The molecule has 0 bridgehead atoms. The zero-order valence-electron chi connectivity index (χ0n) is 10.5. The topological polar surface area (TPSA) is 34.1 Å². The molecule has 0 aliphatic carbocycles. The zero-order chi connectivity index (χ0) is 14.6. The predicted octanol–water partition coefficient (Wildman–Crippen LogP) is 4.58. The maximum atomic E-state index is 12.0. The van der Waals surface area contributed by atoms with Crippen molar-refractivity contribution in [3.63, 3.8) is 0 Å². The summed E-state index contributed by atoms with van der Waals surface area (Å²) in [5.74, 6) is -0.0474. The molecule has 0 amide bonds. The highest BCUT2D eigenvalue weighted by atomic mass is 35.5. The lowest BCUT2D eigenvalue weighted by Crippen LogP contribution is -1.99. The molecule has 0 saturated heterocycles. The van der Waals surface area contributed by atoms with Crippen LogP contribution >= 0.6 is 23.2 Å². The monoisotopic (exact) mass is 326 g/mol. The molecule has 104 valence electrons. The molecule has 0 N–H and O–H groups in total. The third-order valence-electron chi connectivity index (χ3n) is 2.62. The second-order valence-corrected chi connectivity index (χ2v) is 7.05. The van der Waals surface area contributed by atoms with Crippen LogP contribution in [0.4, 0.5) is 0 Å². The Bertz CT molecular complexity index is 703. The number of sulfone groups is 1. The highest BCUT2D eigenvalue weighted by Crippen LogP contribution is 2.15. The lowest BCUT2D eigenvalue weighted by molar-refractivity contribution is 0.604. The third-order valence-corrected chi connectivity index (χ3v) is 4.41. The van der Waals surface area contributed by atoms with Crippen LogP contribution in [0.5, 0.6) is 0 Å². The van der Waals surface area contributed by atoms with E-state index in [1.807, 2.05) is 0 Å². The molecule has 0 radical (unpaired) electrons. The average molecular weight is 327 g/mol. The minimum atomic E-state index is -3.31. The first-order valence-electron chi connectivity index (χ1n) is 5.85. The summed E-state index contributed by atoms with van der Waals surface area (Å²) in [7, 11) is -3.31. The van der Waals surface area contributed by atoms with E-state index < -0.39 is 9.84 Å². The third kappa shape index (κ3) is 4.67. The molecule has 0 aromatic heterocycles. The van der Waals surface area contributed by atoms with E-state index in [9.17, 15) is 8.42 Å². The Labute approximate surface area is 128 Å². The SMILES string of the molecule is O=S(=O)(/C=C\c1ccc(Cl)cc1)Cc1ccc(Cl)cc1. The first-order valence-corrected chi connectivity index (χ1v) is 8.33. The van der Waals surface area contributed by atoms with E-state index in [1.165, 1.54) is 5.41 Å². The summed E-state index contributed by atoms with van der Waals surface area (Å²) in [6.45, 7) is 0. The Morgan fingerprint density at radius 1 is 0.850 bits per heavy atom.